The molecular weight excluding hydrogens is 358 g/mol. The number of aryl methyl sites for hydroxylation is 1. The number of hydrogen-bond acceptors (Lipinski definition) is 7. The maximum absolute atomic E-state index is 5.54. The van der Waals surface area contributed by atoms with Gasteiger partial charge in [0.2, 0.25) is 5.13 Å². The van der Waals surface area contributed by atoms with Crippen molar-refractivity contribution in [2.45, 2.75) is 13.0 Å². The maximum atomic E-state index is 5.54. The Labute approximate surface area is 163 Å². The first kappa shape index (κ1) is 18.0. The summed E-state index contributed by atoms with van der Waals surface area (Å²) in [5, 5.41) is 13.7. The van der Waals surface area contributed by atoms with E-state index in [1.807, 2.05) is 18.2 Å². The number of anilines is 1. The van der Waals surface area contributed by atoms with E-state index in [1.165, 1.54) is 22.5 Å². The Kier molecular flexibility index (Phi) is 5.72. The highest BCUT2D eigenvalue weighted by atomic mass is 32.1. The van der Waals surface area contributed by atoms with Crippen LogP contribution in [0.5, 0.6) is 0 Å². The molecule has 1 unspecified atom stereocenters. The van der Waals surface area contributed by atoms with Gasteiger partial charge in [-0.25, -0.2) is 0 Å². The maximum Gasteiger partial charge on any atom is 0.206 e. The second kappa shape index (κ2) is 8.56. The summed E-state index contributed by atoms with van der Waals surface area (Å²) < 4.78 is 5.54. The lowest BCUT2D eigenvalue weighted by Crippen LogP contribution is -2.41. The molecule has 7 heteroatoms. The first-order valence-electron chi connectivity index (χ1n) is 9.17. The van der Waals surface area contributed by atoms with Crippen molar-refractivity contribution >= 4 is 16.5 Å². The molecule has 1 aliphatic heterocycles. The summed E-state index contributed by atoms with van der Waals surface area (Å²) in [6.07, 6.45) is 1.77. The standard InChI is InChI=1S/C20H23N5OS/c1-15-5-4-6-16(13-15)18(25-9-11-26-12-10-25)14-22-20-24-23-19(27-20)17-7-2-3-8-21-17/h2-8,13,18H,9-12,14H2,1H3,(H,22,24). The lowest BCUT2D eigenvalue weighted by atomic mass is 10.0. The summed E-state index contributed by atoms with van der Waals surface area (Å²) >= 11 is 1.53. The van der Waals surface area contributed by atoms with Gasteiger partial charge in [0, 0.05) is 25.8 Å². The zero-order valence-corrected chi connectivity index (χ0v) is 16.2. The number of pyridine rings is 1. The van der Waals surface area contributed by atoms with E-state index in [0.717, 1.165) is 48.7 Å². The summed E-state index contributed by atoms with van der Waals surface area (Å²) in [5.74, 6) is 0. The Morgan fingerprint density at radius 3 is 2.81 bits per heavy atom. The van der Waals surface area contributed by atoms with Crippen LogP contribution in [0.2, 0.25) is 0 Å². The predicted octanol–water partition coefficient (Wildman–Crippen LogP) is 3.39. The van der Waals surface area contributed by atoms with Crippen molar-refractivity contribution in [3.8, 4) is 10.7 Å². The zero-order valence-electron chi connectivity index (χ0n) is 15.3. The van der Waals surface area contributed by atoms with Crippen LogP contribution in [0.15, 0.2) is 48.7 Å². The summed E-state index contributed by atoms with van der Waals surface area (Å²) in [6, 6.07) is 14.8. The molecule has 2 aromatic heterocycles. The van der Waals surface area contributed by atoms with Crippen molar-refractivity contribution < 1.29 is 4.74 Å². The average Bonchev–Trinajstić information content (AvgIpc) is 3.19. The van der Waals surface area contributed by atoms with Crippen LogP contribution in [0.3, 0.4) is 0 Å². The van der Waals surface area contributed by atoms with E-state index >= 15 is 0 Å². The van der Waals surface area contributed by atoms with Gasteiger partial charge in [-0.1, -0.05) is 47.2 Å². The molecule has 1 saturated heterocycles. The van der Waals surface area contributed by atoms with Crippen LogP contribution >= 0.6 is 11.3 Å². The van der Waals surface area contributed by atoms with Crippen LogP contribution in [0.4, 0.5) is 5.13 Å². The van der Waals surface area contributed by atoms with Crippen molar-refractivity contribution in [3.63, 3.8) is 0 Å². The summed E-state index contributed by atoms with van der Waals surface area (Å²) in [5.41, 5.74) is 3.45. The fraction of sp³-hybridized carbons (Fsp3) is 0.350. The predicted molar refractivity (Wildman–Crippen MR) is 108 cm³/mol. The minimum atomic E-state index is 0.274. The summed E-state index contributed by atoms with van der Waals surface area (Å²) in [7, 11) is 0. The molecule has 0 spiro atoms. The molecule has 0 radical (unpaired) electrons. The molecular formula is C20H23N5OS. The largest absolute Gasteiger partial charge is 0.379 e. The Balaban J connectivity index is 1.49. The second-order valence-electron chi connectivity index (χ2n) is 6.59. The molecule has 0 bridgehead atoms. The topological polar surface area (TPSA) is 63.2 Å². The quantitative estimate of drug-likeness (QED) is 0.706. The number of hydrogen-bond donors (Lipinski definition) is 1. The fourth-order valence-corrected chi connectivity index (χ4v) is 4.02. The van der Waals surface area contributed by atoms with Gasteiger partial charge in [-0.2, -0.15) is 0 Å². The smallest absolute Gasteiger partial charge is 0.206 e. The third kappa shape index (κ3) is 4.50. The lowest BCUT2D eigenvalue weighted by molar-refractivity contribution is 0.0187. The van der Waals surface area contributed by atoms with Gasteiger partial charge in [0.05, 0.1) is 19.3 Å². The molecule has 0 aliphatic carbocycles. The minimum Gasteiger partial charge on any atom is -0.379 e. The van der Waals surface area contributed by atoms with Crippen molar-refractivity contribution in [2.24, 2.45) is 0 Å². The molecule has 1 aromatic carbocycles. The number of benzene rings is 1. The van der Waals surface area contributed by atoms with Crippen LogP contribution < -0.4 is 5.32 Å². The van der Waals surface area contributed by atoms with Crippen molar-refractivity contribution in [3.05, 3.63) is 59.8 Å². The monoisotopic (exact) mass is 381 g/mol. The molecule has 1 N–H and O–H groups in total. The van der Waals surface area contributed by atoms with Gasteiger partial charge in [0.15, 0.2) is 5.01 Å². The molecule has 1 aliphatic rings. The highest BCUT2D eigenvalue weighted by Crippen LogP contribution is 2.27. The molecule has 0 amide bonds. The second-order valence-corrected chi connectivity index (χ2v) is 7.56. The molecule has 6 nitrogen and oxygen atoms in total. The van der Waals surface area contributed by atoms with E-state index in [-0.39, 0.29) is 6.04 Å². The van der Waals surface area contributed by atoms with E-state index in [1.54, 1.807) is 6.20 Å². The van der Waals surface area contributed by atoms with E-state index < -0.39 is 0 Å². The van der Waals surface area contributed by atoms with Crippen LogP contribution in [0.25, 0.3) is 10.7 Å². The lowest BCUT2D eigenvalue weighted by Gasteiger charge is -2.35. The number of nitrogens with zero attached hydrogens (tertiary/aromatic N) is 4. The Morgan fingerprint density at radius 2 is 2.04 bits per heavy atom. The molecule has 1 atom stereocenters. The number of aromatic nitrogens is 3. The molecule has 3 heterocycles. The van der Waals surface area contributed by atoms with Gasteiger partial charge < -0.3 is 10.1 Å². The first-order valence-corrected chi connectivity index (χ1v) is 9.98. The molecule has 4 rings (SSSR count). The average molecular weight is 382 g/mol. The highest BCUT2D eigenvalue weighted by molar-refractivity contribution is 7.18. The van der Waals surface area contributed by atoms with Crippen molar-refractivity contribution in [1.29, 1.82) is 0 Å². The third-order valence-electron chi connectivity index (χ3n) is 4.67. The first-order chi connectivity index (χ1) is 13.3. The van der Waals surface area contributed by atoms with Crippen molar-refractivity contribution in [2.75, 3.05) is 38.2 Å². The van der Waals surface area contributed by atoms with Crippen LogP contribution in [0, 0.1) is 6.92 Å². The van der Waals surface area contributed by atoms with E-state index in [2.05, 4.69) is 56.6 Å². The normalized spacial score (nSPS) is 16.2. The molecule has 3 aromatic rings. The molecule has 0 saturated carbocycles. The number of morpholine rings is 1. The highest BCUT2D eigenvalue weighted by Gasteiger charge is 2.23. The van der Waals surface area contributed by atoms with Gasteiger partial charge in [-0.3, -0.25) is 9.88 Å². The van der Waals surface area contributed by atoms with Gasteiger partial charge in [-0.15, -0.1) is 10.2 Å². The van der Waals surface area contributed by atoms with Crippen LogP contribution in [-0.4, -0.2) is 52.9 Å². The summed E-state index contributed by atoms with van der Waals surface area (Å²) in [4.78, 5) is 6.82. The van der Waals surface area contributed by atoms with Gasteiger partial charge >= 0.3 is 0 Å². The van der Waals surface area contributed by atoms with Crippen LogP contribution in [-0.2, 0) is 4.74 Å². The SMILES string of the molecule is Cc1cccc(C(CNc2nnc(-c3ccccn3)s2)N2CCOCC2)c1. The Bertz CT molecular complexity index is 864. The Hall–Kier alpha value is -2.35. The number of rotatable bonds is 6. The Morgan fingerprint density at radius 1 is 1.15 bits per heavy atom. The van der Waals surface area contributed by atoms with Gasteiger partial charge in [0.25, 0.3) is 0 Å². The summed E-state index contributed by atoms with van der Waals surface area (Å²) in [6.45, 7) is 6.36. The fourth-order valence-electron chi connectivity index (χ4n) is 3.30. The van der Waals surface area contributed by atoms with E-state index in [4.69, 9.17) is 4.74 Å². The van der Waals surface area contributed by atoms with E-state index in [9.17, 15) is 0 Å². The number of ether oxygens (including phenoxy) is 1. The molecule has 1 fully saturated rings. The minimum absolute atomic E-state index is 0.274. The van der Waals surface area contributed by atoms with Gasteiger partial charge in [-0.05, 0) is 24.6 Å². The molecule has 27 heavy (non-hydrogen) atoms. The van der Waals surface area contributed by atoms with Crippen LogP contribution in [0.1, 0.15) is 17.2 Å². The third-order valence-corrected chi connectivity index (χ3v) is 5.57. The number of nitrogens with one attached hydrogen (secondary N) is 1. The van der Waals surface area contributed by atoms with E-state index in [0.29, 0.717) is 0 Å². The van der Waals surface area contributed by atoms with Gasteiger partial charge in [0.1, 0.15) is 5.69 Å². The molecule has 140 valence electrons. The zero-order chi connectivity index (χ0) is 18.5. The van der Waals surface area contributed by atoms with Crippen molar-refractivity contribution in [1.82, 2.24) is 20.1 Å².